The van der Waals surface area contributed by atoms with Gasteiger partial charge in [-0.3, -0.25) is 24.4 Å². The number of carbonyl (C=O) groups is 2. The van der Waals surface area contributed by atoms with E-state index >= 15 is 0 Å². The number of hydrogen-bond donors (Lipinski definition) is 1. The van der Waals surface area contributed by atoms with E-state index in [-0.39, 0.29) is 19.0 Å². The molecule has 1 aromatic rings. The van der Waals surface area contributed by atoms with Crippen molar-refractivity contribution in [2.24, 2.45) is 0 Å². The number of nitrogens with zero attached hydrogens (tertiary/aromatic N) is 4. The van der Waals surface area contributed by atoms with E-state index in [1.54, 1.807) is 29.2 Å². The van der Waals surface area contributed by atoms with Gasteiger partial charge in [-0.2, -0.15) is 0 Å². The van der Waals surface area contributed by atoms with Gasteiger partial charge in [0.05, 0.1) is 6.54 Å². The van der Waals surface area contributed by atoms with Gasteiger partial charge in [0.25, 0.3) is 0 Å². The number of aliphatic carboxylic acids is 1. The summed E-state index contributed by atoms with van der Waals surface area (Å²) in [5.41, 5.74) is 1.09. The molecule has 0 aromatic carbocycles. The van der Waals surface area contributed by atoms with E-state index in [0.717, 1.165) is 5.56 Å². The molecule has 0 bridgehead atoms. The Morgan fingerprint density at radius 1 is 1.36 bits per heavy atom. The molecule has 2 heterocycles. The maximum atomic E-state index is 12.3. The normalized spacial score (nSPS) is 19.4. The van der Waals surface area contributed by atoms with Gasteiger partial charge in [-0.05, 0) is 31.8 Å². The fraction of sp³-hybridized carbons (Fsp3) is 0.533. The summed E-state index contributed by atoms with van der Waals surface area (Å²) in [6.07, 6.45) is 3.45. The molecule has 1 atom stereocenters. The van der Waals surface area contributed by atoms with E-state index in [4.69, 9.17) is 0 Å². The van der Waals surface area contributed by atoms with Crippen LogP contribution in [0.15, 0.2) is 24.5 Å². The molecule has 0 radical (unpaired) electrons. The third kappa shape index (κ3) is 4.25. The fourth-order valence-corrected chi connectivity index (χ4v) is 2.55. The third-order valence-corrected chi connectivity index (χ3v) is 3.89. The molecule has 7 heteroatoms. The van der Waals surface area contributed by atoms with Crippen molar-refractivity contribution in [1.29, 1.82) is 0 Å². The van der Waals surface area contributed by atoms with Crippen LogP contribution in [0.1, 0.15) is 5.56 Å². The molecule has 1 fully saturated rings. The zero-order chi connectivity index (χ0) is 16.1. The number of amides is 1. The van der Waals surface area contributed by atoms with Crippen molar-refractivity contribution in [3.8, 4) is 0 Å². The summed E-state index contributed by atoms with van der Waals surface area (Å²) >= 11 is 0. The molecule has 0 aliphatic carbocycles. The Balaban J connectivity index is 1.87. The SMILES string of the molecule is CN(CC(=O)N1CCN(C)C(C(=O)O)C1)Cc1ccncc1. The predicted molar refractivity (Wildman–Crippen MR) is 81.2 cm³/mol. The Hall–Kier alpha value is -1.99. The minimum absolute atomic E-state index is 0.0316. The average Bonchev–Trinajstić information content (AvgIpc) is 2.48. The summed E-state index contributed by atoms with van der Waals surface area (Å²) in [6.45, 7) is 2.33. The monoisotopic (exact) mass is 306 g/mol. The molecular weight excluding hydrogens is 284 g/mol. The molecule has 1 N–H and O–H groups in total. The molecular formula is C15H22N4O3. The maximum absolute atomic E-state index is 12.3. The number of piperazine rings is 1. The molecule has 1 amide bonds. The van der Waals surface area contributed by atoms with Crippen LogP contribution in [0.2, 0.25) is 0 Å². The zero-order valence-corrected chi connectivity index (χ0v) is 13.0. The number of aromatic nitrogens is 1. The molecule has 1 aliphatic rings. The van der Waals surface area contributed by atoms with Gasteiger partial charge in [0.1, 0.15) is 6.04 Å². The highest BCUT2D eigenvalue weighted by molar-refractivity contribution is 5.80. The van der Waals surface area contributed by atoms with Gasteiger partial charge < -0.3 is 10.0 Å². The van der Waals surface area contributed by atoms with E-state index in [9.17, 15) is 14.7 Å². The Morgan fingerprint density at radius 2 is 2.05 bits per heavy atom. The van der Waals surface area contributed by atoms with Crippen LogP contribution in [0.4, 0.5) is 0 Å². The van der Waals surface area contributed by atoms with Crippen LogP contribution in [0.5, 0.6) is 0 Å². The van der Waals surface area contributed by atoms with Crippen LogP contribution in [0, 0.1) is 0 Å². The second-order valence-corrected chi connectivity index (χ2v) is 5.70. The average molecular weight is 306 g/mol. The number of carboxylic acid groups (broad SMARTS) is 1. The molecule has 1 unspecified atom stereocenters. The van der Waals surface area contributed by atoms with Crippen molar-refractivity contribution in [3.05, 3.63) is 30.1 Å². The smallest absolute Gasteiger partial charge is 0.322 e. The first-order chi connectivity index (χ1) is 10.5. The van der Waals surface area contributed by atoms with Gasteiger partial charge in [-0.25, -0.2) is 0 Å². The topological polar surface area (TPSA) is 77.0 Å². The Labute approximate surface area is 130 Å². The molecule has 120 valence electrons. The van der Waals surface area contributed by atoms with Gasteiger partial charge in [-0.1, -0.05) is 0 Å². The highest BCUT2D eigenvalue weighted by atomic mass is 16.4. The summed E-state index contributed by atoms with van der Waals surface area (Å²) in [6, 6.07) is 3.21. The van der Waals surface area contributed by atoms with Crippen LogP contribution in [-0.4, -0.2) is 83.0 Å². The minimum Gasteiger partial charge on any atom is -0.480 e. The second kappa shape index (κ2) is 7.33. The van der Waals surface area contributed by atoms with Crippen molar-refractivity contribution in [2.45, 2.75) is 12.6 Å². The first-order valence-electron chi connectivity index (χ1n) is 7.25. The number of likely N-dealkylation sites (N-methyl/N-ethyl adjacent to an activating group) is 2. The number of carboxylic acids is 1. The number of carbonyl (C=O) groups excluding carboxylic acids is 1. The van der Waals surface area contributed by atoms with Gasteiger partial charge in [0.2, 0.25) is 5.91 Å². The highest BCUT2D eigenvalue weighted by Crippen LogP contribution is 2.09. The van der Waals surface area contributed by atoms with Crippen LogP contribution in [0.3, 0.4) is 0 Å². The summed E-state index contributed by atoms with van der Waals surface area (Å²) in [5, 5.41) is 9.19. The quantitative estimate of drug-likeness (QED) is 0.808. The van der Waals surface area contributed by atoms with E-state index < -0.39 is 12.0 Å². The van der Waals surface area contributed by atoms with Crippen molar-refractivity contribution >= 4 is 11.9 Å². The number of rotatable bonds is 5. The van der Waals surface area contributed by atoms with Crippen molar-refractivity contribution in [3.63, 3.8) is 0 Å². The van der Waals surface area contributed by atoms with Crippen LogP contribution < -0.4 is 0 Å². The molecule has 1 aromatic heterocycles. The third-order valence-electron chi connectivity index (χ3n) is 3.89. The fourth-order valence-electron chi connectivity index (χ4n) is 2.55. The molecule has 1 saturated heterocycles. The number of pyridine rings is 1. The molecule has 22 heavy (non-hydrogen) atoms. The highest BCUT2D eigenvalue weighted by Gasteiger charge is 2.32. The van der Waals surface area contributed by atoms with Crippen LogP contribution in [-0.2, 0) is 16.1 Å². The van der Waals surface area contributed by atoms with Gasteiger partial charge in [-0.15, -0.1) is 0 Å². The van der Waals surface area contributed by atoms with E-state index in [1.807, 2.05) is 24.1 Å². The zero-order valence-electron chi connectivity index (χ0n) is 13.0. The summed E-state index contributed by atoms with van der Waals surface area (Å²) < 4.78 is 0. The van der Waals surface area contributed by atoms with E-state index in [1.165, 1.54) is 0 Å². The van der Waals surface area contributed by atoms with E-state index in [2.05, 4.69) is 4.98 Å². The molecule has 1 aliphatic heterocycles. The molecule has 0 spiro atoms. The standard InChI is InChI=1S/C15H22N4O3/c1-17(9-12-3-5-16-6-4-12)11-14(20)19-8-7-18(2)13(10-19)15(21)22/h3-6,13H,7-11H2,1-2H3,(H,21,22). The lowest BCUT2D eigenvalue weighted by Gasteiger charge is -2.37. The maximum Gasteiger partial charge on any atom is 0.322 e. The number of hydrogen-bond acceptors (Lipinski definition) is 5. The molecule has 0 saturated carbocycles. The van der Waals surface area contributed by atoms with Crippen LogP contribution >= 0.6 is 0 Å². The lowest BCUT2D eigenvalue weighted by Crippen LogP contribution is -2.57. The van der Waals surface area contributed by atoms with Crippen molar-refractivity contribution < 1.29 is 14.7 Å². The van der Waals surface area contributed by atoms with Gasteiger partial charge in [0.15, 0.2) is 0 Å². The van der Waals surface area contributed by atoms with E-state index in [0.29, 0.717) is 19.6 Å². The van der Waals surface area contributed by atoms with Gasteiger partial charge >= 0.3 is 5.97 Å². The van der Waals surface area contributed by atoms with Crippen LogP contribution in [0.25, 0.3) is 0 Å². The lowest BCUT2D eigenvalue weighted by atomic mass is 10.2. The Bertz CT molecular complexity index is 523. The van der Waals surface area contributed by atoms with Gasteiger partial charge in [0, 0.05) is 38.6 Å². The summed E-state index contributed by atoms with van der Waals surface area (Å²) in [5.74, 6) is -0.916. The lowest BCUT2D eigenvalue weighted by molar-refractivity contribution is -0.147. The molecule has 7 nitrogen and oxygen atoms in total. The molecule has 2 rings (SSSR count). The Morgan fingerprint density at radius 3 is 2.68 bits per heavy atom. The van der Waals surface area contributed by atoms with Crippen molar-refractivity contribution in [1.82, 2.24) is 19.7 Å². The van der Waals surface area contributed by atoms with Crippen molar-refractivity contribution in [2.75, 3.05) is 40.3 Å². The predicted octanol–water partition coefficient (Wildman–Crippen LogP) is -0.259. The first-order valence-corrected chi connectivity index (χ1v) is 7.25. The summed E-state index contributed by atoms with van der Waals surface area (Å²) in [4.78, 5) is 32.8. The Kier molecular flexibility index (Phi) is 5.46. The summed E-state index contributed by atoms with van der Waals surface area (Å²) in [7, 11) is 3.65. The first kappa shape index (κ1) is 16.4. The second-order valence-electron chi connectivity index (χ2n) is 5.70. The minimum atomic E-state index is -0.884. The largest absolute Gasteiger partial charge is 0.480 e.